The average molecular weight is 265 g/mol. The van der Waals surface area contributed by atoms with E-state index in [2.05, 4.69) is 6.07 Å². The van der Waals surface area contributed by atoms with Crippen LogP contribution in [-0.4, -0.2) is 6.30 Å². The Balaban J connectivity index is 2.32. The van der Waals surface area contributed by atoms with E-state index in [9.17, 15) is 13.2 Å². The molecule has 0 saturated heterocycles. The number of rotatable bonds is 3. The molecule has 0 aliphatic heterocycles. The van der Waals surface area contributed by atoms with Crippen LogP contribution in [-0.2, 0) is 6.54 Å². The zero-order valence-electron chi connectivity index (χ0n) is 9.98. The smallest absolute Gasteiger partial charge is 0.399 e. The first-order chi connectivity index (χ1) is 8.97. The second-order valence-electron chi connectivity index (χ2n) is 4.06. The summed E-state index contributed by atoms with van der Waals surface area (Å²) in [5, 5.41) is 0. The van der Waals surface area contributed by atoms with Gasteiger partial charge < -0.3 is 5.73 Å². The highest BCUT2D eigenvalue weighted by atomic mass is 19.4. The van der Waals surface area contributed by atoms with Crippen LogP contribution in [0, 0.1) is 6.07 Å². The van der Waals surface area contributed by atoms with E-state index in [1.807, 2.05) is 0 Å². The number of nitrogens with two attached hydrogens (primary N) is 1. The summed E-state index contributed by atoms with van der Waals surface area (Å²) in [4.78, 5) is 0.342. The summed E-state index contributed by atoms with van der Waals surface area (Å²) in [5.74, 6) is 0. The van der Waals surface area contributed by atoms with Gasteiger partial charge in [0.25, 0.3) is 0 Å². The average Bonchev–Trinajstić information content (AvgIpc) is 2.36. The molecule has 5 heteroatoms. The van der Waals surface area contributed by atoms with Gasteiger partial charge in [-0.15, -0.1) is 0 Å². The largest absolute Gasteiger partial charge is 0.485 e. The molecule has 0 bridgehead atoms. The first-order valence-electron chi connectivity index (χ1n) is 5.62. The van der Waals surface area contributed by atoms with Gasteiger partial charge in [-0.1, -0.05) is 30.3 Å². The Morgan fingerprint density at radius 1 is 1.11 bits per heavy atom. The lowest BCUT2D eigenvalue weighted by Crippen LogP contribution is -2.37. The molecule has 99 valence electrons. The summed E-state index contributed by atoms with van der Waals surface area (Å²) >= 11 is 0. The Morgan fingerprint density at radius 3 is 2.37 bits per heavy atom. The number of anilines is 2. The minimum atomic E-state index is -4.47. The van der Waals surface area contributed by atoms with Gasteiger partial charge in [-0.3, -0.25) is 4.90 Å². The Morgan fingerprint density at radius 2 is 1.79 bits per heavy atom. The highest BCUT2D eigenvalue weighted by Crippen LogP contribution is 2.31. The van der Waals surface area contributed by atoms with Crippen molar-refractivity contribution in [1.82, 2.24) is 0 Å². The number of alkyl halides is 3. The molecule has 0 aliphatic carbocycles. The first kappa shape index (κ1) is 13.3. The summed E-state index contributed by atoms with van der Waals surface area (Å²) in [5.41, 5.74) is 6.31. The van der Waals surface area contributed by atoms with Crippen molar-refractivity contribution in [2.45, 2.75) is 12.8 Å². The molecule has 0 heterocycles. The van der Waals surface area contributed by atoms with Crippen LogP contribution >= 0.6 is 0 Å². The van der Waals surface area contributed by atoms with E-state index in [0.717, 1.165) is 0 Å². The fourth-order valence-electron chi connectivity index (χ4n) is 1.73. The predicted octanol–water partition coefficient (Wildman–Crippen LogP) is 3.60. The lowest BCUT2D eigenvalue weighted by molar-refractivity contribution is -0.130. The quantitative estimate of drug-likeness (QED) is 0.678. The van der Waals surface area contributed by atoms with E-state index in [-0.39, 0.29) is 17.9 Å². The van der Waals surface area contributed by atoms with Crippen molar-refractivity contribution >= 4 is 11.4 Å². The molecule has 0 saturated carbocycles. The van der Waals surface area contributed by atoms with Gasteiger partial charge in [0.1, 0.15) is 0 Å². The van der Waals surface area contributed by atoms with Gasteiger partial charge in [-0.2, -0.15) is 13.2 Å². The van der Waals surface area contributed by atoms with Gasteiger partial charge in [0.05, 0.1) is 6.54 Å². The molecule has 0 spiro atoms. The van der Waals surface area contributed by atoms with Gasteiger partial charge in [0.2, 0.25) is 0 Å². The van der Waals surface area contributed by atoms with Gasteiger partial charge in [0, 0.05) is 11.4 Å². The molecule has 2 rings (SSSR count). The molecule has 2 aromatic carbocycles. The fourth-order valence-corrected chi connectivity index (χ4v) is 1.73. The van der Waals surface area contributed by atoms with Gasteiger partial charge in [-0.25, -0.2) is 0 Å². The van der Waals surface area contributed by atoms with E-state index < -0.39 is 6.30 Å². The molecule has 1 radical (unpaired) electrons. The van der Waals surface area contributed by atoms with Crippen molar-refractivity contribution in [2.24, 2.45) is 0 Å². The minimum absolute atomic E-state index is 0.0173. The standard InChI is InChI=1S/C14H12F3N2/c15-14(16,17)19(10-11-5-2-1-3-6-11)13-8-4-7-12(18)9-13/h1-3,5-9H,10,18H2. The van der Waals surface area contributed by atoms with Crippen molar-refractivity contribution in [2.75, 3.05) is 10.6 Å². The topological polar surface area (TPSA) is 29.3 Å². The van der Waals surface area contributed by atoms with Gasteiger partial charge in [0.15, 0.2) is 0 Å². The maximum Gasteiger partial charge on any atom is 0.485 e. The maximum absolute atomic E-state index is 13.1. The Bertz CT molecular complexity index is 538. The first-order valence-corrected chi connectivity index (χ1v) is 5.62. The van der Waals surface area contributed by atoms with Gasteiger partial charge in [-0.05, 0) is 29.8 Å². The minimum Gasteiger partial charge on any atom is -0.399 e. The highest BCUT2D eigenvalue weighted by molar-refractivity contribution is 5.56. The zero-order chi connectivity index (χ0) is 13.9. The van der Waals surface area contributed by atoms with E-state index in [1.54, 1.807) is 30.3 Å². The molecule has 0 aliphatic rings. The number of halogens is 3. The molecule has 0 fully saturated rings. The highest BCUT2D eigenvalue weighted by Gasteiger charge is 2.37. The fraction of sp³-hybridized carbons (Fsp3) is 0.143. The number of nitrogen functional groups attached to an aromatic ring is 1. The second kappa shape index (κ2) is 5.22. The molecule has 2 nitrogen and oxygen atoms in total. The number of nitrogens with zero attached hydrogens (tertiary/aromatic N) is 1. The third kappa shape index (κ3) is 3.40. The Labute approximate surface area is 109 Å². The number of benzene rings is 2. The number of hydrogen-bond donors (Lipinski definition) is 1. The molecule has 0 aromatic heterocycles. The van der Waals surface area contributed by atoms with Crippen LogP contribution in [0.5, 0.6) is 0 Å². The van der Waals surface area contributed by atoms with Crippen LogP contribution in [0.15, 0.2) is 48.5 Å². The van der Waals surface area contributed by atoms with E-state index in [0.29, 0.717) is 10.5 Å². The van der Waals surface area contributed by atoms with Crippen molar-refractivity contribution in [3.63, 3.8) is 0 Å². The van der Waals surface area contributed by atoms with Crippen molar-refractivity contribution in [3.05, 3.63) is 60.2 Å². The van der Waals surface area contributed by atoms with Crippen LogP contribution in [0.3, 0.4) is 0 Å². The molecule has 19 heavy (non-hydrogen) atoms. The molecule has 0 atom stereocenters. The molecule has 0 amide bonds. The SMILES string of the molecule is Nc1c[c]cc(N(Cc2ccccc2)C(F)(F)F)c1. The summed E-state index contributed by atoms with van der Waals surface area (Å²) < 4.78 is 39.3. The summed E-state index contributed by atoms with van der Waals surface area (Å²) in [7, 11) is 0. The maximum atomic E-state index is 13.1. The molecular weight excluding hydrogens is 253 g/mol. The van der Waals surface area contributed by atoms with Gasteiger partial charge >= 0.3 is 6.30 Å². The van der Waals surface area contributed by atoms with Crippen LogP contribution in [0.4, 0.5) is 24.5 Å². The lowest BCUT2D eigenvalue weighted by Gasteiger charge is -2.27. The van der Waals surface area contributed by atoms with Crippen molar-refractivity contribution in [1.29, 1.82) is 0 Å². The lowest BCUT2D eigenvalue weighted by atomic mass is 10.2. The Hall–Kier alpha value is -2.17. The molecular formula is C14H12F3N2. The van der Waals surface area contributed by atoms with E-state index >= 15 is 0 Å². The van der Waals surface area contributed by atoms with Crippen LogP contribution in [0.1, 0.15) is 5.56 Å². The van der Waals surface area contributed by atoms with Crippen LogP contribution < -0.4 is 10.6 Å². The normalized spacial score (nSPS) is 11.3. The second-order valence-corrected chi connectivity index (χ2v) is 4.06. The summed E-state index contributed by atoms with van der Waals surface area (Å²) in [6, 6.07) is 15.0. The molecule has 2 N–H and O–H groups in total. The third-order valence-electron chi connectivity index (χ3n) is 2.60. The van der Waals surface area contributed by atoms with E-state index in [1.165, 1.54) is 18.2 Å². The van der Waals surface area contributed by atoms with E-state index in [4.69, 9.17) is 5.73 Å². The zero-order valence-corrected chi connectivity index (χ0v) is 9.98. The van der Waals surface area contributed by atoms with Crippen LogP contribution in [0.25, 0.3) is 0 Å². The summed E-state index contributed by atoms with van der Waals surface area (Å²) in [6.45, 7) is -0.262. The predicted molar refractivity (Wildman–Crippen MR) is 68.4 cm³/mol. The molecule has 0 unspecified atom stereocenters. The summed E-state index contributed by atoms with van der Waals surface area (Å²) in [6.07, 6.45) is -4.47. The Kier molecular flexibility index (Phi) is 3.64. The third-order valence-corrected chi connectivity index (χ3v) is 2.60. The monoisotopic (exact) mass is 265 g/mol. The van der Waals surface area contributed by atoms with Crippen LogP contribution in [0.2, 0.25) is 0 Å². The number of hydrogen-bond acceptors (Lipinski definition) is 2. The molecule has 2 aromatic rings. The van der Waals surface area contributed by atoms with Crippen molar-refractivity contribution < 1.29 is 13.2 Å². The van der Waals surface area contributed by atoms with Crippen molar-refractivity contribution in [3.8, 4) is 0 Å².